The van der Waals surface area contributed by atoms with Gasteiger partial charge in [-0.2, -0.15) is 0 Å². The van der Waals surface area contributed by atoms with Gasteiger partial charge in [-0.05, 0) is 36.4 Å². The number of nitrogens with zero attached hydrogens (tertiary/aromatic N) is 2. The van der Waals surface area contributed by atoms with Crippen molar-refractivity contribution in [1.82, 2.24) is 9.55 Å². The van der Waals surface area contributed by atoms with Gasteiger partial charge in [0.2, 0.25) is 0 Å². The van der Waals surface area contributed by atoms with Crippen molar-refractivity contribution in [3.05, 3.63) is 95.2 Å². The smallest absolute Gasteiger partial charge is 0.191 e. The minimum Gasteiger partial charge on any atom is -0.341 e. The SMILES string of the molecule is O=c1cc(Nc2ccccc2)n(-c2cccc(F)c2)c2cnccc12. The van der Waals surface area contributed by atoms with E-state index in [1.165, 1.54) is 18.2 Å². The van der Waals surface area contributed by atoms with Crippen molar-refractivity contribution in [2.45, 2.75) is 0 Å². The maximum atomic E-state index is 13.8. The minimum absolute atomic E-state index is 0.122. The van der Waals surface area contributed by atoms with Crippen LogP contribution in [-0.4, -0.2) is 9.55 Å². The van der Waals surface area contributed by atoms with Gasteiger partial charge in [0.1, 0.15) is 11.6 Å². The van der Waals surface area contributed by atoms with Crippen LogP contribution in [0.1, 0.15) is 0 Å². The lowest BCUT2D eigenvalue weighted by atomic mass is 10.2. The van der Waals surface area contributed by atoms with E-state index in [1.54, 1.807) is 35.2 Å². The third-order valence-corrected chi connectivity index (χ3v) is 3.93. The van der Waals surface area contributed by atoms with Gasteiger partial charge in [-0.25, -0.2) is 4.39 Å². The number of hydrogen-bond donors (Lipinski definition) is 1. The van der Waals surface area contributed by atoms with E-state index in [1.807, 2.05) is 30.3 Å². The van der Waals surface area contributed by atoms with Gasteiger partial charge in [-0.15, -0.1) is 0 Å². The Labute approximate surface area is 143 Å². The Balaban J connectivity index is 2.01. The van der Waals surface area contributed by atoms with Crippen LogP contribution in [0.5, 0.6) is 0 Å². The number of halogens is 1. The van der Waals surface area contributed by atoms with E-state index in [2.05, 4.69) is 10.3 Å². The van der Waals surface area contributed by atoms with Crippen molar-refractivity contribution >= 4 is 22.4 Å². The summed E-state index contributed by atoms with van der Waals surface area (Å²) in [5, 5.41) is 3.76. The van der Waals surface area contributed by atoms with E-state index in [-0.39, 0.29) is 11.2 Å². The maximum absolute atomic E-state index is 13.8. The van der Waals surface area contributed by atoms with Gasteiger partial charge >= 0.3 is 0 Å². The molecular weight excluding hydrogens is 317 g/mol. The summed E-state index contributed by atoms with van der Waals surface area (Å²) in [6, 6.07) is 18.9. The molecule has 25 heavy (non-hydrogen) atoms. The van der Waals surface area contributed by atoms with Crippen LogP contribution in [0, 0.1) is 5.82 Å². The van der Waals surface area contributed by atoms with Crippen LogP contribution in [0.15, 0.2) is 83.9 Å². The Morgan fingerprint density at radius 3 is 2.60 bits per heavy atom. The van der Waals surface area contributed by atoms with Crippen molar-refractivity contribution in [3.8, 4) is 5.69 Å². The Kier molecular flexibility index (Phi) is 3.74. The molecule has 0 radical (unpaired) electrons. The molecule has 0 amide bonds. The van der Waals surface area contributed by atoms with Gasteiger partial charge in [-0.1, -0.05) is 24.3 Å². The fraction of sp³-hybridized carbons (Fsp3) is 0. The molecular formula is C20H14FN3O. The molecule has 0 saturated carbocycles. The number of hydrogen-bond acceptors (Lipinski definition) is 3. The molecule has 2 aromatic carbocycles. The third-order valence-electron chi connectivity index (χ3n) is 3.93. The summed E-state index contributed by atoms with van der Waals surface area (Å²) < 4.78 is 15.6. The summed E-state index contributed by atoms with van der Waals surface area (Å²) in [6.07, 6.45) is 3.18. The summed E-state index contributed by atoms with van der Waals surface area (Å²) in [5.74, 6) is 0.196. The fourth-order valence-corrected chi connectivity index (χ4v) is 2.82. The lowest BCUT2D eigenvalue weighted by Gasteiger charge is -2.18. The van der Waals surface area contributed by atoms with E-state index in [0.29, 0.717) is 22.4 Å². The molecule has 0 bridgehead atoms. The number of fused-ring (bicyclic) bond motifs is 1. The largest absolute Gasteiger partial charge is 0.341 e. The molecule has 0 aliphatic carbocycles. The fourth-order valence-electron chi connectivity index (χ4n) is 2.82. The molecule has 1 N–H and O–H groups in total. The Morgan fingerprint density at radius 2 is 1.80 bits per heavy atom. The average Bonchev–Trinajstić information content (AvgIpc) is 2.63. The highest BCUT2D eigenvalue weighted by Crippen LogP contribution is 2.24. The molecule has 0 aliphatic heterocycles. The van der Waals surface area contributed by atoms with Crippen LogP contribution in [0.2, 0.25) is 0 Å². The molecule has 4 aromatic rings. The molecule has 0 fully saturated rings. The second-order valence-electron chi connectivity index (χ2n) is 5.59. The van der Waals surface area contributed by atoms with Crippen LogP contribution in [0.25, 0.3) is 16.6 Å². The average molecular weight is 331 g/mol. The number of pyridine rings is 2. The second-order valence-corrected chi connectivity index (χ2v) is 5.59. The topological polar surface area (TPSA) is 46.9 Å². The van der Waals surface area contributed by atoms with E-state index in [9.17, 15) is 9.18 Å². The lowest BCUT2D eigenvalue weighted by Crippen LogP contribution is -2.12. The molecule has 2 aromatic heterocycles. The molecule has 5 heteroatoms. The van der Waals surface area contributed by atoms with Gasteiger partial charge in [-0.3, -0.25) is 14.3 Å². The van der Waals surface area contributed by atoms with Crippen molar-refractivity contribution in [1.29, 1.82) is 0 Å². The number of benzene rings is 2. The van der Waals surface area contributed by atoms with Crippen LogP contribution in [0.3, 0.4) is 0 Å². The Bertz CT molecular complexity index is 1110. The van der Waals surface area contributed by atoms with Gasteiger partial charge in [0.05, 0.1) is 17.4 Å². The second kappa shape index (κ2) is 6.20. The van der Waals surface area contributed by atoms with Crippen LogP contribution >= 0.6 is 0 Å². The van der Waals surface area contributed by atoms with Gasteiger partial charge in [0, 0.05) is 23.3 Å². The number of anilines is 2. The molecule has 0 unspecified atom stereocenters. The Hall–Kier alpha value is -3.47. The predicted molar refractivity (Wildman–Crippen MR) is 97.0 cm³/mol. The van der Waals surface area contributed by atoms with E-state index in [0.717, 1.165) is 5.69 Å². The van der Waals surface area contributed by atoms with Gasteiger partial charge in [0.15, 0.2) is 5.43 Å². The normalized spacial score (nSPS) is 10.8. The van der Waals surface area contributed by atoms with Crippen molar-refractivity contribution in [2.75, 3.05) is 5.32 Å². The van der Waals surface area contributed by atoms with Crippen LogP contribution in [-0.2, 0) is 0 Å². The van der Waals surface area contributed by atoms with Gasteiger partial charge < -0.3 is 5.32 Å². The van der Waals surface area contributed by atoms with Crippen LogP contribution in [0.4, 0.5) is 15.9 Å². The molecule has 0 aliphatic rings. The molecule has 122 valence electrons. The standard InChI is InChI=1S/C20H14FN3O/c21-14-5-4-8-16(11-14)24-18-13-22-10-9-17(18)19(25)12-20(24)23-15-6-2-1-3-7-15/h1-13,23H. The zero-order valence-electron chi connectivity index (χ0n) is 13.2. The molecule has 4 rings (SSSR count). The molecule has 4 nitrogen and oxygen atoms in total. The summed E-state index contributed by atoms with van der Waals surface area (Å²) in [6.45, 7) is 0. The highest BCUT2D eigenvalue weighted by molar-refractivity contribution is 5.83. The summed E-state index contributed by atoms with van der Waals surface area (Å²) >= 11 is 0. The number of nitrogens with one attached hydrogen (secondary N) is 1. The van der Waals surface area contributed by atoms with Gasteiger partial charge in [0.25, 0.3) is 0 Å². The third kappa shape index (κ3) is 2.87. The monoisotopic (exact) mass is 331 g/mol. The molecule has 0 atom stereocenters. The highest BCUT2D eigenvalue weighted by atomic mass is 19.1. The molecule has 0 spiro atoms. The zero-order chi connectivity index (χ0) is 17.2. The molecule has 2 heterocycles. The van der Waals surface area contributed by atoms with E-state index < -0.39 is 0 Å². The first-order valence-corrected chi connectivity index (χ1v) is 7.80. The van der Waals surface area contributed by atoms with Crippen molar-refractivity contribution in [2.24, 2.45) is 0 Å². The number of aromatic nitrogens is 2. The summed E-state index contributed by atoms with van der Waals surface area (Å²) in [5.41, 5.74) is 1.93. The first-order chi connectivity index (χ1) is 12.2. The Morgan fingerprint density at radius 1 is 0.960 bits per heavy atom. The minimum atomic E-state index is -0.348. The van der Waals surface area contributed by atoms with E-state index >= 15 is 0 Å². The first-order valence-electron chi connectivity index (χ1n) is 7.80. The quantitative estimate of drug-likeness (QED) is 0.610. The number of para-hydroxylation sites is 1. The van der Waals surface area contributed by atoms with Crippen molar-refractivity contribution in [3.63, 3.8) is 0 Å². The first kappa shape index (κ1) is 15.1. The van der Waals surface area contributed by atoms with Crippen molar-refractivity contribution < 1.29 is 4.39 Å². The highest BCUT2D eigenvalue weighted by Gasteiger charge is 2.12. The molecule has 0 saturated heterocycles. The predicted octanol–water partition coefficient (Wildman–Crippen LogP) is 4.27. The summed E-state index contributed by atoms with van der Waals surface area (Å²) in [4.78, 5) is 16.6. The van der Waals surface area contributed by atoms with Crippen LogP contribution < -0.4 is 10.7 Å². The van der Waals surface area contributed by atoms with E-state index in [4.69, 9.17) is 0 Å². The number of rotatable bonds is 3. The zero-order valence-corrected chi connectivity index (χ0v) is 13.2. The summed E-state index contributed by atoms with van der Waals surface area (Å²) in [7, 11) is 0. The maximum Gasteiger partial charge on any atom is 0.191 e. The lowest BCUT2D eigenvalue weighted by molar-refractivity contribution is 0.627.